The highest BCUT2D eigenvalue weighted by Gasteiger charge is 2.25. The van der Waals surface area contributed by atoms with Gasteiger partial charge in [-0.05, 0) is 42.4 Å². The van der Waals surface area contributed by atoms with Gasteiger partial charge in [-0.2, -0.15) is 0 Å². The fourth-order valence-corrected chi connectivity index (χ4v) is 4.87. The van der Waals surface area contributed by atoms with E-state index < -0.39 is 0 Å². The molecule has 0 aliphatic carbocycles. The monoisotopic (exact) mass is 474 g/mol. The summed E-state index contributed by atoms with van der Waals surface area (Å²) in [5.41, 5.74) is 7.43. The number of nitrogens with one attached hydrogen (secondary N) is 2. The number of likely N-dealkylation sites (N-methyl/N-ethyl adjacent to an activating group) is 1. The van der Waals surface area contributed by atoms with Crippen molar-refractivity contribution in [2.24, 2.45) is 0 Å². The third-order valence-electron chi connectivity index (χ3n) is 6.26. The second-order valence-electron chi connectivity index (χ2n) is 8.66. The van der Waals surface area contributed by atoms with Gasteiger partial charge in [0.05, 0.1) is 5.70 Å². The Morgan fingerprint density at radius 3 is 2.42 bits per heavy atom. The smallest absolute Gasteiger partial charge is 0.113 e. The molecule has 3 aromatic rings. The fraction of sp³-hybridized carbons (Fsp3) is 0.222. The van der Waals surface area contributed by atoms with E-state index in [9.17, 15) is 0 Å². The van der Waals surface area contributed by atoms with Gasteiger partial charge in [-0.1, -0.05) is 72.3 Å². The molecule has 3 aromatic carbocycles. The van der Waals surface area contributed by atoms with Crippen molar-refractivity contribution in [3.63, 3.8) is 0 Å². The maximum absolute atomic E-state index is 6.22. The lowest BCUT2D eigenvalue weighted by molar-refractivity contribution is 0.148. The van der Waals surface area contributed by atoms with E-state index >= 15 is 0 Å². The quantitative estimate of drug-likeness (QED) is 0.359. The molecule has 2 aliphatic heterocycles. The Labute approximate surface area is 205 Å². The first-order chi connectivity index (χ1) is 16.1. The maximum atomic E-state index is 6.22. The zero-order valence-electron chi connectivity index (χ0n) is 18.6. The fourth-order valence-electron chi connectivity index (χ4n) is 4.38. The van der Waals surface area contributed by atoms with Crippen molar-refractivity contribution in [1.29, 1.82) is 0 Å². The number of benzene rings is 3. The molecule has 4 nitrogen and oxygen atoms in total. The van der Waals surface area contributed by atoms with Crippen LogP contribution in [-0.4, -0.2) is 48.0 Å². The lowest BCUT2D eigenvalue weighted by atomic mass is 10.0. The molecule has 0 unspecified atom stereocenters. The van der Waals surface area contributed by atoms with Gasteiger partial charge < -0.3 is 15.5 Å². The number of anilines is 2. The van der Waals surface area contributed by atoms with E-state index in [1.807, 2.05) is 36.4 Å². The van der Waals surface area contributed by atoms with Crippen molar-refractivity contribution < 1.29 is 0 Å². The first-order valence-electron chi connectivity index (χ1n) is 11.2. The summed E-state index contributed by atoms with van der Waals surface area (Å²) < 4.78 is 0. The van der Waals surface area contributed by atoms with Gasteiger partial charge in [0.15, 0.2) is 0 Å². The summed E-state index contributed by atoms with van der Waals surface area (Å²) in [4.78, 5) is 5.60. The molecule has 6 heteroatoms. The van der Waals surface area contributed by atoms with Crippen LogP contribution >= 0.6 is 23.8 Å². The van der Waals surface area contributed by atoms with Gasteiger partial charge in [-0.15, -0.1) is 0 Å². The van der Waals surface area contributed by atoms with Crippen LogP contribution in [0.5, 0.6) is 0 Å². The molecular formula is C27H27ClN4S. The number of nitrogens with zero attached hydrogens (tertiary/aromatic N) is 2. The van der Waals surface area contributed by atoms with Crippen molar-refractivity contribution in [2.75, 3.05) is 43.9 Å². The summed E-state index contributed by atoms with van der Waals surface area (Å²) in [6.45, 7) is 5.49. The van der Waals surface area contributed by atoms with Gasteiger partial charge in [-0.3, -0.25) is 4.90 Å². The molecule has 168 valence electrons. The minimum atomic E-state index is 0.690. The molecule has 2 N–H and O–H groups in total. The molecule has 2 heterocycles. The van der Waals surface area contributed by atoms with Crippen LogP contribution in [0.4, 0.5) is 11.4 Å². The molecular weight excluding hydrogens is 448 g/mol. The standard InChI is InChI=1S/C27H27ClN4S/c1-31-13-15-32(16-14-31)18-19-7-10-22(11-8-19)29-26(20-5-3-2-4-6-20)25-23-12-9-21(28)17-24(23)30-27(25)33/h2-12,17,29H,13-16,18H2,1H3,(H,30,33)/b26-25-. The summed E-state index contributed by atoms with van der Waals surface area (Å²) in [5.74, 6) is 0. The first-order valence-corrected chi connectivity index (χ1v) is 12.0. The summed E-state index contributed by atoms with van der Waals surface area (Å²) in [6, 6.07) is 24.9. The molecule has 0 amide bonds. The second kappa shape index (κ2) is 9.65. The Balaban J connectivity index is 1.44. The molecule has 5 rings (SSSR count). The largest absolute Gasteiger partial charge is 0.354 e. The van der Waals surface area contributed by atoms with Crippen molar-refractivity contribution >= 4 is 51.5 Å². The van der Waals surface area contributed by atoms with Crippen LogP contribution in [0.1, 0.15) is 16.7 Å². The first kappa shape index (κ1) is 22.1. The summed E-state index contributed by atoms with van der Waals surface area (Å²) >= 11 is 12.0. The number of fused-ring (bicyclic) bond motifs is 1. The number of hydrogen-bond donors (Lipinski definition) is 2. The number of halogens is 1. The molecule has 0 atom stereocenters. The molecule has 1 saturated heterocycles. The van der Waals surface area contributed by atoms with Gasteiger partial charge in [0, 0.05) is 60.3 Å². The lowest BCUT2D eigenvalue weighted by Gasteiger charge is -2.32. The molecule has 2 aliphatic rings. The Morgan fingerprint density at radius 2 is 1.70 bits per heavy atom. The molecule has 1 fully saturated rings. The molecule has 0 aromatic heterocycles. The van der Waals surface area contributed by atoms with Crippen molar-refractivity contribution in [3.05, 3.63) is 94.5 Å². The lowest BCUT2D eigenvalue weighted by Crippen LogP contribution is -2.43. The highest BCUT2D eigenvalue weighted by molar-refractivity contribution is 7.81. The molecule has 0 radical (unpaired) electrons. The highest BCUT2D eigenvalue weighted by Crippen LogP contribution is 2.39. The van der Waals surface area contributed by atoms with Gasteiger partial charge in [-0.25, -0.2) is 0 Å². The van der Waals surface area contributed by atoms with Crippen LogP contribution in [0, 0.1) is 0 Å². The molecule has 0 saturated carbocycles. The van der Waals surface area contributed by atoms with Crippen LogP contribution in [0.2, 0.25) is 5.02 Å². The average molecular weight is 475 g/mol. The van der Waals surface area contributed by atoms with E-state index in [4.69, 9.17) is 23.8 Å². The van der Waals surface area contributed by atoms with Gasteiger partial charge in [0.1, 0.15) is 4.99 Å². The number of rotatable bonds is 5. The Kier molecular flexibility index (Phi) is 6.47. The predicted octanol–water partition coefficient (Wildman–Crippen LogP) is 5.82. The second-order valence-corrected chi connectivity index (χ2v) is 9.51. The van der Waals surface area contributed by atoms with Crippen LogP contribution in [0.25, 0.3) is 11.3 Å². The van der Waals surface area contributed by atoms with Crippen molar-refractivity contribution in [2.45, 2.75) is 6.54 Å². The zero-order chi connectivity index (χ0) is 22.8. The molecule has 0 spiro atoms. The van der Waals surface area contributed by atoms with Gasteiger partial charge in [0.2, 0.25) is 0 Å². The van der Waals surface area contributed by atoms with Crippen LogP contribution < -0.4 is 10.6 Å². The number of piperazine rings is 1. The van der Waals surface area contributed by atoms with Crippen molar-refractivity contribution in [3.8, 4) is 0 Å². The minimum absolute atomic E-state index is 0.690. The van der Waals surface area contributed by atoms with E-state index in [1.54, 1.807) is 0 Å². The SMILES string of the molecule is CN1CCN(Cc2ccc(N/C(=C3\C(=S)Nc4cc(Cl)ccc43)c3ccccc3)cc2)CC1. The molecule has 0 bridgehead atoms. The van der Waals surface area contributed by atoms with Crippen molar-refractivity contribution in [1.82, 2.24) is 9.80 Å². The summed E-state index contributed by atoms with van der Waals surface area (Å²) in [6.07, 6.45) is 0. The van der Waals surface area contributed by atoms with E-state index in [1.165, 1.54) is 5.56 Å². The average Bonchev–Trinajstić information content (AvgIpc) is 3.15. The number of thiocarbonyl (C=S) groups is 1. The van der Waals surface area contributed by atoms with E-state index in [2.05, 4.69) is 63.9 Å². The number of hydrogen-bond acceptors (Lipinski definition) is 4. The Bertz CT molecular complexity index is 1180. The summed E-state index contributed by atoms with van der Waals surface area (Å²) in [5, 5.41) is 7.67. The summed E-state index contributed by atoms with van der Waals surface area (Å²) in [7, 11) is 2.19. The van der Waals surface area contributed by atoms with E-state index in [0.29, 0.717) is 10.0 Å². The zero-order valence-corrected chi connectivity index (χ0v) is 20.2. The normalized spacial score (nSPS) is 18.1. The van der Waals surface area contributed by atoms with Gasteiger partial charge >= 0.3 is 0 Å². The maximum Gasteiger partial charge on any atom is 0.113 e. The highest BCUT2D eigenvalue weighted by atomic mass is 35.5. The molecule has 33 heavy (non-hydrogen) atoms. The Morgan fingerprint density at radius 1 is 0.970 bits per heavy atom. The minimum Gasteiger partial charge on any atom is -0.354 e. The topological polar surface area (TPSA) is 30.5 Å². The third kappa shape index (κ3) is 4.97. The Hall–Kier alpha value is -2.70. The van der Waals surface area contributed by atoms with Crippen LogP contribution in [0.15, 0.2) is 72.8 Å². The van der Waals surface area contributed by atoms with E-state index in [0.717, 1.165) is 66.5 Å². The predicted molar refractivity (Wildman–Crippen MR) is 144 cm³/mol. The van der Waals surface area contributed by atoms with Gasteiger partial charge in [0.25, 0.3) is 0 Å². The van der Waals surface area contributed by atoms with Crippen LogP contribution in [0.3, 0.4) is 0 Å². The third-order valence-corrected chi connectivity index (χ3v) is 6.81. The van der Waals surface area contributed by atoms with Crippen LogP contribution in [-0.2, 0) is 6.54 Å². The van der Waals surface area contributed by atoms with E-state index in [-0.39, 0.29) is 0 Å².